The van der Waals surface area contributed by atoms with Crippen LogP contribution in [0.25, 0.3) is 0 Å². The third-order valence-corrected chi connectivity index (χ3v) is 4.23. The van der Waals surface area contributed by atoms with Gasteiger partial charge in [0.1, 0.15) is 11.5 Å². The minimum absolute atomic E-state index is 0.277. The van der Waals surface area contributed by atoms with Crippen LogP contribution >= 0.6 is 0 Å². The van der Waals surface area contributed by atoms with Crippen molar-refractivity contribution >= 4 is 5.78 Å². The van der Waals surface area contributed by atoms with Gasteiger partial charge in [0.15, 0.2) is 0 Å². The predicted molar refractivity (Wildman–Crippen MR) is 77.9 cm³/mol. The molecule has 110 valence electrons. The monoisotopic (exact) mass is 277 g/mol. The van der Waals surface area contributed by atoms with Crippen molar-refractivity contribution in [2.75, 3.05) is 26.9 Å². The highest BCUT2D eigenvalue weighted by molar-refractivity contribution is 5.85. The number of carbonyl (C=O) groups is 1. The van der Waals surface area contributed by atoms with Gasteiger partial charge in [0.25, 0.3) is 0 Å². The third kappa shape index (κ3) is 3.38. The number of ether oxygens (including phenoxy) is 2. The van der Waals surface area contributed by atoms with Crippen LogP contribution in [-0.2, 0) is 16.0 Å². The first-order valence-corrected chi connectivity index (χ1v) is 7.14. The summed E-state index contributed by atoms with van der Waals surface area (Å²) in [4.78, 5) is 12.5. The van der Waals surface area contributed by atoms with Gasteiger partial charge in [-0.3, -0.25) is 4.79 Å². The van der Waals surface area contributed by atoms with E-state index in [1.54, 1.807) is 7.11 Å². The molecule has 0 unspecified atom stereocenters. The van der Waals surface area contributed by atoms with Crippen molar-refractivity contribution in [2.45, 2.75) is 25.7 Å². The molecule has 2 N–H and O–H groups in total. The lowest BCUT2D eigenvalue weighted by Gasteiger charge is -2.34. The fraction of sp³-hybridized carbons (Fsp3) is 0.562. The molecule has 1 aromatic rings. The number of Topliss-reactive ketones (excluding diaryl/α,β-unsaturated/α-hetero) is 1. The van der Waals surface area contributed by atoms with Crippen molar-refractivity contribution in [2.24, 2.45) is 11.1 Å². The SMILES string of the molecule is COc1ccc(CCC(=O)C2(CN)CCOCC2)cc1. The number of nitrogens with two attached hydrogens (primary N) is 1. The first-order valence-electron chi connectivity index (χ1n) is 7.14. The summed E-state index contributed by atoms with van der Waals surface area (Å²) in [5, 5.41) is 0. The number of carbonyl (C=O) groups excluding carboxylic acids is 1. The average molecular weight is 277 g/mol. The number of rotatable bonds is 6. The van der Waals surface area contributed by atoms with E-state index in [0.717, 1.165) is 30.6 Å². The van der Waals surface area contributed by atoms with E-state index in [1.165, 1.54) is 0 Å². The van der Waals surface area contributed by atoms with E-state index < -0.39 is 0 Å². The van der Waals surface area contributed by atoms with E-state index in [0.29, 0.717) is 26.2 Å². The molecule has 1 fully saturated rings. The minimum atomic E-state index is -0.356. The van der Waals surface area contributed by atoms with E-state index in [4.69, 9.17) is 15.2 Å². The quantitative estimate of drug-likeness (QED) is 0.863. The first-order chi connectivity index (χ1) is 9.70. The van der Waals surface area contributed by atoms with Crippen LogP contribution in [0.2, 0.25) is 0 Å². The maximum atomic E-state index is 12.5. The van der Waals surface area contributed by atoms with Crippen LogP contribution in [0.5, 0.6) is 5.75 Å². The van der Waals surface area contributed by atoms with Crippen LogP contribution in [0.3, 0.4) is 0 Å². The van der Waals surface area contributed by atoms with E-state index >= 15 is 0 Å². The molecule has 1 heterocycles. The molecule has 4 heteroatoms. The summed E-state index contributed by atoms with van der Waals surface area (Å²) in [5.74, 6) is 1.11. The van der Waals surface area contributed by atoms with Gasteiger partial charge in [0.2, 0.25) is 0 Å². The van der Waals surface area contributed by atoms with Gasteiger partial charge in [-0.2, -0.15) is 0 Å². The Kier molecular flexibility index (Phi) is 5.15. The molecule has 1 saturated heterocycles. The van der Waals surface area contributed by atoms with Crippen LogP contribution in [0.1, 0.15) is 24.8 Å². The molecule has 1 aromatic carbocycles. The second-order valence-corrected chi connectivity index (χ2v) is 5.37. The molecule has 0 aromatic heterocycles. The van der Waals surface area contributed by atoms with Crippen LogP contribution in [0.15, 0.2) is 24.3 Å². The Bertz CT molecular complexity index is 436. The highest BCUT2D eigenvalue weighted by Crippen LogP contribution is 2.32. The topological polar surface area (TPSA) is 61.5 Å². The van der Waals surface area contributed by atoms with Gasteiger partial charge < -0.3 is 15.2 Å². The second kappa shape index (κ2) is 6.86. The van der Waals surface area contributed by atoms with Crippen LogP contribution in [0, 0.1) is 5.41 Å². The number of hydrogen-bond acceptors (Lipinski definition) is 4. The van der Waals surface area contributed by atoms with Crippen molar-refractivity contribution in [1.82, 2.24) is 0 Å². The van der Waals surface area contributed by atoms with E-state index in [2.05, 4.69) is 0 Å². The Balaban J connectivity index is 1.93. The lowest BCUT2D eigenvalue weighted by atomic mass is 9.75. The highest BCUT2D eigenvalue weighted by atomic mass is 16.5. The number of aryl methyl sites for hydroxylation is 1. The summed E-state index contributed by atoms with van der Waals surface area (Å²) in [7, 11) is 1.65. The van der Waals surface area contributed by atoms with Gasteiger partial charge in [-0.15, -0.1) is 0 Å². The smallest absolute Gasteiger partial charge is 0.140 e. The van der Waals surface area contributed by atoms with Gasteiger partial charge in [0.05, 0.1) is 7.11 Å². The molecule has 0 aliphatic carbocycles. The fourth-order valence-corrected chi connectivity index (χ4v) is 2.67. The molecule has 0 amide bonds. The number of methoxy groups -OCH3 is 1. The fourth-order valence-electron chi connectivity index (χ4n) is 2.67. The van der Waals surface area contributed by atoms with Gasteiger partial charge in [0, 0.05) is 31.6 Å². The predicted octanol–water partition coefficient (Wildman–Crippen LogP) is 1.95. The molecule has 0 radical (unpaired) electrons. The Hall–Kier alpha value is -1.39. The van der Waals surface area contributed by atoms with Crippen molar-refractivity contribution in [3.8, 4) is 5.75 Å². The largest absolute Gasteiger partial charge is 0.497 e. The standard InChI is InChI=1S/C16H23NO3/c1-19-14-5-2-13(3-6-14)4-7-15(18)16(12-17)8-10-20-11-9-16/h2-3,5-6H,4,7-12,17H2,1H3. The molecule has 0 saturated carbocycles. The first kappa shape index (κ1) is 15.0. The Morgan fingerprint density at radius 3 is 2.50 bits per heavy atom. The van der Waals surface area contributed by atoms with Crippen molar-refractivity contribution in [1.29, 1.82) is 0 Å². The maximum absolute atomic E-state index is 12.5. The molecule has 2 rings (SSSR count). The number of hydrogen-bond donors (Lipinski definition) is 1. The molecule has 0 spiro atoms. The molecular weight excluding hydrogens is 254 g/mol. The summed E-state index contributed by atoms with van der Waals surface area (Å²) < 4.78 is 10.5. The molecule has 20 heavy (non-hydrogen) atoms. The summed E-state index contributed by atoms with van der Waals surface area (Å²) in [6, 6.07) is 7.86. The zero-order valence-corrected chi connectivity index (χ0v) is 12.1. The molecule has 1 aliphatic heterocycles. The average Bonchev–Trinajstić information content (AvgIpc) is 2.53. The Morgan fingerprint density at radius 2 is 1.95 bits per heavy atom. The lowest BCUT2D eigenvalue weighted by molar-refractivity contribution is -0.133. The maximum Gasteiger partial charge on any atom is 0.140 e. The van der Waals surface area contributed by atoms with Crippen molar-refractivity contribution in [3.05, 3.63) is 29.8 Å². The zero-order valence-electron chi connectivity index (χ0n) is 12.1. The van der Waals surface area contributed by atoms with Gasteiger partial charge in [-0.25, -0.2) is 0 Å². The Morgan fingerprint density at radius 1 is 1.30 bits per heavy atom. The molecule has 4 nitrogen and oxygen atoms in total. The second-order valence-electron chi connectivity index (χ2n) is 5.37. The summed E-state index contributed by atoms with van der Waals surface area (Å²) in [5.41, 5.74) is 6.65. The number of benzene rings is 1. The molecular formula is C16H23NO3. The van der Waals surface area contributed by atoms with Crippen molar-refractivity contribution < 1.29 is 14.3 Å². The lowest BCUT2D eigenvalue weighted by Crippen LogP contribution is -2.43. The van der Waals surface area contributed by atoms with Crippen LogP contribution in [-0.4, -0.2) is 32.7 Å². The minimum Gasteiger partial charge on any atom is -0.497 e. The van der Waals surface area contributed by atoms with Gasteiger partial charge in [-0.1, -0.05) is 12.1 Å². The highest BCUT2D eigenvalue weighted by Gasteiger charge is 2.37. The van der Waals surface area contributed by atoms with E-state index in [9.17, 15) is 4.79 Å². The molecule has 0 atom stereocenters. The van der Waals surface area contributed by atoms with Crippen molar-refractivity contribution in [3.63, 3.8) is 0 Å². The summed E-state index contributed by atoms with van der Waals surface area (Å²) >= 11 is 0. The van der Waals surface area contributed by atoms with Crippen LogP contribution < -0.4 is 10.5 Å². The van der Waals surface area contributed by atoms with Gasteiger partial charge in [-0.05, 0) is 37.0 Å². The summed E-state index contributed by atoms with van der Waals surface area (Å²) in [6.07, 6.45) is 2.81. The zero-order chi connectivity index (χ0) is 14.4. The molecule has 0 bridgehead atoms. The number of ketones is 1. The summed E-state index contributed by atoms with van der Waals surface area (Å²) in [6.45, 7) is 1.72. The molecule has 1 aliphatic rings. The van der Waals surface area contributed by atoms with Gasteiger partial charge >= 0.3 is 0 Å². The van der Waals surface area contributed by atoms with E-state index in [-0.39, 0.29) is 11.2 Å². The Labute approximate surface area is 120 Å². The van der Waals surface area contributed by atoms with Crippen LogP contribution in [0.4, 0.5) is 0 Å². The van der Waals surface area contributed by atoms with E-state index in [1.807, 2.05) is 24.3 Å². The third-order valence-electron chi connectivity index (χ3n) is 4.23. The normalized spacial score (nSPS) is 17.7.